The van der Waals surface area contributed by atoms with Crippen molar-refractivity contribution < 1.29 is 19.1 Å². The summed E-state index contributed by atoms with van der Waals surface area (Å²) in [5.41, 5.74) is 1.36. The molecule has 1 aromatic heterocycles. The molecule has 28 heavy (non-hydrogen) atoms. The van der Waals surface area contributed by atoms with Gasteiger partial charge in [0, 0.05) is 39.0 Å². The summed E-state index contributed by atoms with van der Waals surface area (Å²) in [5, 5.41) is 2.93. The van der Waals surface area contributed by atoms with Crippen LogP contribution in [0.4, 0.5) is 0 Å². The first-order chi connectivity index (χ1) is 13.6. The van der Waals surface area contributed by atoms with Gasteiger partial charge in [0.1, 0.15) is 5.69 Å². The van der Waals surface area contributed by atoms with Gasteiger partial charge in [-0.15, -0.1) is 0 Å². The lowest BCUT2D eigenvalue weighted by Gasteiger charge is -2.37. The van der Waals surface area contributed by atoms with Crippen LogP contribution in [0.25, 0.3) is 0 Å². The molecule has 2 amide bonds. The van der Waals surface area contributed by atoms with Crippen molar-refractivity contribution in [1.82, 2.24) is 19.8 Å². The fourth-order valence-corrected chi connectivity index (χ4v) is 4.33. The highest BCUT2D eigenvalue weighted by Gasteiger charge is 2.41. The van der Waals surface area contributed by atoms with Gasteiger partial charge < -0.3 is 24.3 Å². The molecule has 8 nitrogen and oxygen atoms in total. The van der Waals surface area contributed by atoms with Crippen LogP contribution in [0.1, 0.15) is 72.3 Å². The smallest absolute Gasteiger partial charge is 0.287 e. The van der Waals surface area contributed by atoms with Crippen LogP contribution in [0, 0.1) is 0 Å². The van der Waals surface area contributed by atoms with E-state index in [0.29, 0.717) is 57.2 Å². The summed E-state index contributed by atoms with van der Waals surface area (Å²) in [4.78, 5) is 32.2. The molecule has 1 spiro atoms. The van der Waals surface area contributed by atoms with E-state index < -0.39 is 5.79 Å². The van der Waals surface area contributed by atoms with Crippen LogP contribution in [0.2, 0.25) is 0 Å². The van der Waals surface area contributed by atoms with Crippen molar-refractivity contribution >= 4 is 11.8 Å². The average Bonchev–Trinajstić information content (AvgIpc) is 3.33. The molecule has 4 rings (SSSR count). The minimum Gasteiger partial charge on any atom is -0.349 e. The molecule has 0 aliphatic carbocycles. The number of unbranched alkanes of at least 4 members (excludes halogenated alkanes) is 1. The number of ether oxygens (including phenoxy) is 2. The summed E-state index contributed by atoms with van der Waals surface area (Å²) >= 11 is 0. The molecule has 1 aromatic rings. The molecule has 0 unspecified atom stereocenters. The van der Waals surface area contributed by atoms with Crippen LogP contribution in [0.15, 0.2) is 0 Å². The Hall–Kier alpha value is -1.93. The van der Waals surface area contributed by atoms with E-state index in [2.05, 4.69) is 17.2 Å². The van der Waals surface area contributed by atoms with Gasteiger partial charge in [-0.25, -0.2) is 4.98 Å². The first-order valence-corrected chi connectivity index (χ1v) is 10.6. The molecule has 2 saturated heterocycles. The summed E-state index contributed by atoms with van der Waals surface area (Å²) in [6, 6.07) is 0. The Balaban J connectivity index is 1.50. The van der Waals surface area contributed by atoms with Crippen LogP contribution in [0.3, 0.4) is 0 Å². The molecule has 4 heterocycles. The number of aromatic nitrogens is 2. The van der Waals surface area contributed by atoms with Crippen molar-refractivity contribution in [3.63, 3.8) is 0 Å². The first kappa shape index (κ1) is 19.4. The fourth-order valence-electron chi connectivity index (χ4n) is 4.33. The summed E-state index contributed by atoms with van der Waals surface area (Å²) in [6.07, 6.45) is 6.14. The molecule has 0 atom stereocenters. The first-order valence-electron chi connectivity index (χ1n) is 10.6. The highest BCUT2D eigenvalue weighted by atomic mass is 16.7. The van der Waals surface area contributed by atoms with Crippen LogP contribution >= 0.6 is 0 Å². The number of rotatable bonds is 5. The van der Waals surface area contributed by atoms with Gasteiger partial charge in [-0.1, -0.05) is 13.3 Å². The molecular weight excluding hydrogens is 360 g/mol. The summed E-state index contributed by atoms with van der Waals surface area (Å²) in [6.45, 7) is 5.89. The van der Waals surface area contributed by atoms with Gasteiger partial charge in [0.15, 0.2) is 11.6 Å². The second kappa shape index (κ2) is 8.21. The summed E-state index contributed by atoms with van der Waals surface area (Å²) in [7, 11) is 0. The van der Waals surface area contributed by atoms with Gasteiger partial charge in [0.25, 0.3) is 11.8 Å². The second-order valence-electron chi connectivity index (χ2n) is 7.85. The predicted molar refractivity (Wildman–Crippen MR) is 102 cm³/mol. The second-order valence-corrected chi connectivity index (χ2v) is 7.85. The number of carbonyl (C=O) groups excluding carboxylic acids is 2. The SMILES string of the molecule is CCCCNC(=O)c1nc(C(=O)N2CCC3(CC2)OCCO3)c2n1CCCC2. The molecule has 3 aliphatic heterocycles. The highest BCUT2D eigenvalue weighted by molar-refractivity contribution is 5.97. The number of piperidine rings is 1. The van der Waals surface area contributed by atoms with Crippen molar-refractivity contribution in [1.29, 1.82) is 0 Å². The van der Waals surface area contributed by atoms with E-state index in [0.717, 1.165) is 44.3 Å². The Bertz CT molecular complexity index is 729. The number of nitrogens with zero attached hydrogens (tertiary/aromatic N) is 3. The van der Waals surface area contributed by atoms with Gasteiger partial charge >= 0.3 is 0 Å². The number of hydrogen-bond acceptors (Lipinski definition) is 5. The summed E-state index contributed by atoms with van der Waals surface area (Å²) < 4.78 is 13.5. The van der Waals surface area contributed by atoms with Crippen LogP contribution < -0.4 is 5.32 Å². The fraction of sp³-hybridized carbons (Fsp3) is 0.750. The third-order valence-electron chi connectivity index (χ3n) is 5.97. The van der Waals surface area contributed by atoms with Crippen LogP contribution in [-0.2, 0) is 22.4 Å². The number of imidazole rings is 1. The third-order valence-corrected chi connectivity index (χ3v) is 5.97. The Morgan fingerprint density at radius 2 is 1.89 bits per heavy atom. The van der Waals surface area contributed by atoms with Crippen LogP contribution in [0.5, 0.6) is 0 Å². The van der Waals surface area contributed by atoms with Crippen molar-refractivity contribution in [2.45, 2.75) is 64.2 Å². The van der Waals surface area contributed by atoms with Gasteiger partial charge in [0.05, 0.1) is 18.9 Å². The van der Waals surface area contributed by atoms with E-state index in [9.17, 15) is 9.59 Å². The maximum absolute atomic E-state index is 13.2. The largest absolute Gasteiger partial charge is 0.349 e. The topological polar surface area (TPSA) is 85.7 Å². The van der Waals surface area contributed by atoms with E-state index in [1.54, 1.807) is 0 Å². The Morgan fingerprint density at radius 3 is 2.61 bits per heavy atom. The van der Waals surface area contributed by atoms with Crippen molar-refractivity contribution in [3.05, 3.63) is 17.2 Å². The molecule has 2 fully saturated rings. The Morgan fingerprint density at radius 1 is 1.14 bits per heavy atom. The van der Waals surface area contributed by atoms with Crippen molar-refractivity contribution in [3.8, 4) is 0 Å². The van der Waals surface area contributed by atoms with Crippen LogP contribution in [-0.4, -0.2) is 64.9 Å². The van der Waals surface area contributed by atoms with E-state index in [1.807, 2.05) is 9.47 Å². The maximum atomic E-state index is 13.2. The zero-order valence-corrected chi connectivity index (χ0v) is 16.7. The van der Waals surface area contributed by atoms with E-state index in [-0.39, 0.29) is 11.8 Å². The molecule has 0 saturated carbocycles. The monoisotopic (exact) mass is 390 g/mol. The molecule has 8 heteroatoms. The molecule has 1 N–H and O–H groups in total. The number of amides is 2. The van der Waals surface area contributed by atoms with Crippen molar-refractivity contribution in [2.75, 3.05) is 32.8 Å². The molecule has 154 valence electrons. The Labute approximate surface area is 165 Å². The molecule has 0 bridgehead atoms. The molecular formula is C20H30N4O4. The number of carbonyl (C=O) groups is 2. The maximum Gasteiger partial charge on any atom is 0.287 e. The van der Waals surface area contributed by atoms with E-state index in [1.165, 1.54) is 0 Å². The van der Waals surface area contributed by atoms with Gasteiger partial charge in [0.2, 0.25) is 0 Å². The quantitative estimate of drug-likeness (QED) is 0.774. The number of hydrogen-bond donors (Lipinski definition) is 1. The zero-order chi connectivity index (χ0) is 19.6. The van der Waals surface area contributed by atoms with E-state index >= 15 is 0 Å². The standard InChI is InChI=1S/C20H30N4O4/c1-2-3-9-21-18(25)17-22-16(15-6-4-5-10-24(15)17)19(26)23-11-7-20(8-12-23)27-13-14-28-20/h2-14H2,1H3,(H,21,25). The normalized spacial score (nSPS) is 21.0. The lowest BCUT2D eigenvalue weighted by molar-refractivity contribution is -0.181. The third kappa shape index (κ3) is 3.67. The van der Waals surface area contributed by atoms with Crippen molar-refractivity contribution in [2.24, 2.45) is 0 Å². The van der Waals surface area contributed by atoms with Gasteiger partial charge in [-0.2, -0.15) is 0 Å². The Kier molecular flexibility index (Phi) is 5.68. The lowest BCUT2D eigenvalue weighted by Crippen LogP contribution is -2.47. The highest BCUT2D eigenvalue weighted by Crippen LogP contribution is 2.32. The predicted octanol–water partition coefficient (Wildman–Crippen LogP) is 1.73. The minimum atomic E-state index is -0.505. The van der Waals surface area contributed by atoms with E-state index in [4.69, 9.17) is 9.47 Å². The lowest BCUT2D eigenvalue weighted by atomic mass is 10.0. The number of likely N-dealkylation sites (tertiary alicyclic amines) is 1. The number of fused-ring (bicyclic) bond motifs is 1. The number of nitrogens with one attached hydrogen (secondary N) is 1. The zero-order valence-electron chi connectivity index (χ0n) is 16.7. The van der Waals surface area contributed by atoms with Gasteiger partial charge in [-0.3, -0.25) is 9.59 Å². The molecule has 0 radical (unpaired) electrons. The minimum absolute atomic E-state index is 0.0777. The van der Waals surface area contributed by atoms with Gasteiger partial charge in [-0.05, 0) is 25.7 Å². The molecule has 0 aromatic carbocycles. The molecule has 3 aliphatic rings. The summed E-state index contributed by atoms with van der Waals surface area (Å²) in [5.74, 6) is -0.383. The average molecular weight is 390 g/mol.